The molecule has 0 radical (unpaired) electrons. The van der Waals surface area contributed by atoms with Crippen molar-refractivity contribution >= 4 is 153 Å². The number of ketones is 3. The normalized spacial score (nSPS) is 18.6. The van der Waals surface area contributed by atoms with E-state index in [4.69, 9.17) is 58.3 Å². The lowest BCUT2D eigenvalue weighted by molar-refractivity contribution is -0.385. The Bertz CT molecular complexity index is 7710. The van der Waals surface area contributed by atoms with Gasteiger partial charge in [0.05, 0.1) is 90.9 Å². The van der Waals surface area contributed by atoms with Gasteiger partial charge >= 0.3 is 0 Å². The van der Waals surface area contributed by atoms with Crippen LogP contribution in [-0.4, -0.2) is 88.8 Å². The minimum Gasteiger partial charge on any atom is -0.493 e. The van der Waals surface area contributed by atoms with Crippen LogP contribution in [0.1, 0.15) is 140 Å². The van der Waals surface area contributed by atoms with E-state index in [2.05, 4.69) is 96.0 Å². The van der Waals surface area contributed by atoms with E-state index in [1.165, 1.54) is 6.07 Å². The fraction of sp³-hybridized carbons (Fsp3) is 0.171. The highest BCUT2D eigenvalue weighted by Crippen LogP contribution is 2.61. The highest BCUT2D eigenvalue weighted by atomic mass is 79.9. The number of hydrogen-bond donors (Lipinski definition) is 0. The average Bonchev–Trinajstić information content (AvgIpc) is 0.710. The Hall–Kier alpha value is -14.0. The first-order chi connectivity index (χ1) is 60.6. The van der Waals surface area contributed by atoms with Crippen LogP contribution in [0.3, 0.4) is 0 Å². The molecule has 0 spiro atoms. The molecule has 3 aromatic heterocycles. The average molecular weight is 1770 g/mol. The number of non-ortho nitro benzene ring substituents is 1. The van der Waals surface area contributed by atoms with Crippen LogP contribution in [-0.2, 0) is 0 Å². The Labute approximate surface area is 733 Å². The standard InChI is InChI=1S/2C35H25BrN2O3.C35H25N3O5/c1-35(2)25-18-40-28-15-13-21(36)17-24(28)29(25)30-32-31(22-10-6-7-11-23(22)34(30)41-35)38-27-16-20(12-14-26(27)37-32)33(39)19-8-4-3-5-9-19;1-35(2)25-18-40-28-15-13-21(36)17-24(28)29(25)30-32-31(22-10-6-7-11-23(22)34(30)41-35)37-26-14-12-20(16-27(26)38-32)33(39)19-8-4-3-5-9-19;1-35(2)25-18-42-28-15-13-21(38(40)41)17-24(28)29(25)30-32-31(22-10-6-7-11-23(22)34(30)43-35)36-26-14-12-20(16-27(26)37-32)33(39)19-8-4-3-5-9-19/h2*3-17,25,29H,18H2,1-2H3;3-17,25,29H,18H2,1-2H3/t3*25-,29+/m000/s1. The van der Waals surface area contributed by atoms with E-state index in [1.54, 1.807) is 36.4 Å². The molecule has 18 aromatic rings. The van der Waals surface area contributed by atoms with Crippen LogP contribution in [0.15, 0.2) is 282 Å². The summed E-state index contributed by atoms with van der Waals surface area (Å²) in [5, 5.41) is 17.6. The summed E-state index contributed by atoms with van der Waals surface area (Å²) in [6, 6.07) is 86.1. The van der Waals surface area contributed by atoms with Gasteiger partial charge in [-0.2, -0.15) is 0 Å². The molecule has 18 nitrogen and oxygen atoms in total. The van der Waals surface area contributed by atoms with E-state index >= 15 is 0 Å². The molecule has 0 fully saturated rings. The number of hydrogen-bond acceptors (Lipinski definition) is 17. The van der Waals surface area contributed by atoms with Gasteiger partial charge in [0.15, 0.2) is 17.3 Å². The van der Waals surface area contributed by atoms with Crippen molar-refractivity contribution in [3.05, 3.63) is 359 Å². The van der Waals surface area contributed by atoms with Crippen molar-refractivity contribution in [2.75, 3.05) is 19.8 Å². The molecule has 0 amide bonds. The number of nitro benzene ring substituents is 1. The molecule has 6 aliphatic heterocycles. The molecule has 6 aliphatic rings. The van der Waals surface area contributed by atoms with Gasteiger partial charge in [-0.1, -0.05) is 196 Å². The summed E-state index contributed by atoms with van der Waals surface area (Å²) >= 11 is 7.38. The van der Waals surface area contributed by atoms with Crippen LogP contribution in [0.25, 0.3) is 98.5 Å². The van der Waals surface area contributed by atoms with Crippen LogP contribution < -0.4 is 28.4 Å². The number of benzene rings is 15. The topological polar surface area (TPSA) is 227 Å². The Balaban J connectivity index is 0.000000111. The van der Waals surface area contributed by atoms with Crippen LogP contribution in [0.4, 0.5) is 5.69 Å². The molecule has 6 atom stereocenters. The summed E-state index contributed by atoms with van der Waals surface area (Å²) in [6.45, 7) is 14.1. The van der Waals surface area contributed by atoms with E-state index < -0.39 is 16.8 Å². The molecule has 24 rings (SSSR count). The van der Waals surface area contributed by atoms with E-state index in [9.17, 15) is 24.5 Å². The van der Waals surface area contributed by atoms with Gasteiger partial charge in [0.25, 0.3) is 5.69 Å². The summed E-state index contributed by atoms with van der Waals surface area (Å²) in [7, 11) is 0. The van der Waals surface area contributed by atoms with Gasteiger partial charge in [-0.3, -0.25) is 24.5 Å². The smallest absolute Gasteiger partial charge is 0.269 e. The Morgan fingerprint density at radius 2 is 0.600 bits per heavy atom. The number of fused-ring (bicyclic) bond motifs is 33. The first-order valence-corrected chi connectivity index (χ1v) is 43.3. The van der Waals surface area contributed by atoms with Gasteiger partial charge in [-0.15, -0.1) is 0 Å². The fourth-order valence-corrected chi connectivity index (χ4v) is 20.5. The first kappa shape index (κ1) is 77.1. The van der Waals surface area contributed by atoms with Gasteiger partial charge in [0, 0.05) is 156 Å². The van der Waals surface area contributed by atoms with Crippen molar-refractivity contribution in [1.82, 2.24) is 29.9 Å². The van der Waals surface area contributed by atoms with E-state index in [0.717, 1.165) is 131 Å². The lowest BCUT2D eigenvalue weighted by Gasteiger charge is -2.48. The first-order valence-electron chi connectivity index (χ1n) is 41.7. The van der Waals surface area contributed by atoms with Crippen LogP contribution in [0.5, 0.6) is 34.5 Å². The second-order valence-corrected chi connectivity index (χ2v) is 36.3. The van der Waals surface area contributed by atoms with Gasteiger partial charge in [0.1, 0.15) is 51.3 Å². The van der Waals surface area contributed by atoms with Crippen LogP contribution in [0.2, 0.25) is 0 Å². The van der Waals surface area contributed by atoms with Crippen molar-refractivity contribution < 1.29 is 47.7 Å². The van der Waals surface area contributed by atoms with E-state index in [-0.39, 0.29) is 63.5 Å². The number of nitrogens with zero attached hydrogens (tertiary/aromatic N) is 7. The predicted octanol–water partition coefficient (Wildman–Crippen LogP) is 23.9. The summed E-state index contributed by atoms with van der Waals surface area (Å²) in [6.07, 6.45) is 0. The quantitative estimate of drug-likeness (QED) is 0.0475. The molecule has 0 N–H and O–H groups in total. The molecule has 125 heavy (non-hydrogen) atoms. The third-order valence-electron chi connectivity index (χ3n) is 26.0. The Morgan fingerprint density at radius 3 is 0.928 bits per heavy atom. The predicted molar refractivity (Wildman–Crippen MR) is 491 cm³/mol. The number of carbonyl (C=O) groups is 3. The highest BCUT2D eigenvalue weighted by Gasteiger charge is 2.53. The van der Waals surface area contributed by atoms with Gasteiger partial charge in [-0.05, 0) is 139 Å². The number of carbonyl (C=O) groups excluding carboxylic acids is 3. The number of ether oxygens (including phenoxy) is 6. The summed E-state index contributed by atoms with van der Waals surface area (Å²) in [4.78, 5) is 82.4. The molecule has 20 heteroatoms. The lowest BCUT2D eigenvalue weighted by Crippen LogP contribution is -2.49. The fourth-order valence-electron chi connectivity index (χ4n) is 19.8. The third-order valence-corrected chi connectivity index (χ3v) is 27.0. The molecule has 610 valence electrons. The number of aromatic nitrogens is 6. The molecule has 15 aromatic carbocycles. The molecule has 9 heterocycles. The highest BCUT2D eigenvalue weighted by molar-refractivity contribution is 9.10. The van der Waals surface area contributed by atoms with Crippen molar-refractivity contribution in [2.45, 2.75) is 76.1 Å². The number of nitro groups is 1. The summed E-state index contributed by atoms with van der Waals surface area (Å²) in [5.41, 5.74) is 16.6. The molecular weight excluding hydrogens is 1700 g/mol. The maximum atomic E-state index is 13.3. The van der Waals surface area contributed by atoms with E-state index in [0.29, 0.717) is 97.8 Å². The van der Waals surface area contributed by atoms with Crippen molar-refractivity contribution in [1.29, 1.82) is 0 Å². The zero-order chi connectivity index (χ0) is 85.2. The zero-order valence-electron chi connectivity index (χ0n) is 68.4. The Morgan fingerprint density at radius 1 is 0.320 bits per heavy atom. The Kier molecular flexibility index (Phi) is 18.1. The van der Waals surface area contributed by atoms with E-state index in [1.807, 2.05) is 208 Å². The molecule has 0 aliphatic carbocycles. The van der Waals surface area contributed by atoms with Crippen LogP contribution >= 0.6 is 31.9 Å². The molecule has 0 unspecified atom stereocenters. The van der Waals surface area contributed by atoms with Gasteiger partial charge in [0.2, 0.25) is 0 Å². The SMILES string of the molecule is CC1(C)Oc2c(c3nc4cc(C(=O)c5ccccc5)ccc4nc3c3ccccc23)[C@@H]2c3cc(Br)ccc3OC[C@@H]21.CC1(C)Oc2c(c3nc4cc(C(=O)c5ccccc5)ccc4nc3c3ccccc23)[C@@H]2c3cc([N+](=O)[O-])ccc3OC[C@@H]21.CC1(C)Oc2c(c3nc4ccc(C(=O)c5ccccc5)cc4nc3c3ccccc23)[C@@H]2c3cc(Br)ccc3OC[C@@H]21. The largest absolute Gasteiger partial charge is 0.493 e. The minimum atomic E-state index is -0.643. The monoisotopic (exact) mass is 1770 g/mol. The van der Waals surface area contributed by atoms with Crippen molar-refractivity contribution in [2.24, 2.45) is 17.8 Å². The maximum absolute atomic E-state index is 13.3. The lowest BCUT2D eigenvalue weighted by atomic mass is 9.69. The van der Waals surface area contributed by atoms with Crippen molar-refractivity contribution in [3.8, 4) is 34.5 Å². The van der Waals surface area contributed by atoms with Gasteiger partial charge in [-0.25, -0.2) is 29.9 Å². The number of halogens is 2. The third kappa shape index (κ3) is 12.8. The summed E-state index contributed by atoms with van der Waals surface area (Å²) in [5.74, 6) is 4.29. The van der Waals surface area contributed by atoms with Gasteiger partial charge < -0.3 is 28.4 Å². The van der Waals surface area contributed by atoms with Crippen molar-refractivity contribution in [3.63, 3.8) is 0 Å². The molecule has 0 saturated heterocycles. The second-order valence-electron chi connectivity index (χ2n) is 34.5. The molecule has 0 saturated carbocycles. The second kappa shape index (κ2) is 29.4. The number of rotatable bonds is 7. The minimum absolute atomic E-state index is 0.000423. The zero-order valence-corrected chi connectivity index (χ0v) is 71.6. The van der Waals surface area contributed by atoms with Crippen LogP contribution in [0, 0.1) is 27.9 Å². The molecular formula is C105H75Br2N7O11. The maximum Gasteiger partial charge on any atom is 0.269 e. The molecule has 0 bridgehead atoms. The summed E-state index contributed by atoms with van der Waals surface area (Å²) < 4.78 is 41.2.